The Balaban J connectivity index is 2.33. The lowest BCUT2D eigenvalue weighted by atomic mass is 9.98. The zero-order chi connectivity index (χ0) is 19.6. The number of nitrogens with zero attached hydrogens (tertiary/aromatic N) is 1. The smallest absolute Gasteiger partial charge is 0.277 e. The van der Waals surface area contributed by atoms with Gasteiger partial charge >= 0.3 is 0 Å². The Labute approximate surface area is 161 Å². The van der Waals surface area contributed by atoms with Gasteiger partial charge in [-0.25, -0.2) is 8.36 Å². The van der Waals surface area contributed by atoms with E-state index in [1.54, 1.807) is 41.9 Å². The molecule has 0 spiro atoms. The Morgan fingerprint density at radius 2 is 1.85 bits per heavy atom. The highest BCUT2D eigenvalue weighted by molar-refractivity contribution is 7.92. The number of benzene rings is 1. The van der Waals surface area contributed by atoms with Gasteiger partial charge in [0.15, 0.2) is 0 Å². The van der Waals surface area contributed by atoms with Crippen LogP contribution in [0.15, 0.2) is 58.3 Å². The highest BCUT2D eigenvalue weighted by Gasteiger charge is 2.27. The summed E-state index contributed by atoms with van der Waals surface area (Å²) < 4.78 is 41.2. The molecule has 0 unspecified atom stereocenters. The predicted molar refractivity (Wildman–Crippen MR) is 106 cm³/mol. The molecule has 3 aromatic rings. The van der Waals surface area contributed by atoms with E-state index in [0.717, 1.165) is 11.3 Å². The lowest BCUT2D eigenvalue weighted by molar-refractivity contribution is -0.104. The molecule has 0 aliphatic heterocycles. The van der Waals surface area contributed by atoms with Crippen LogP contribution >= 0.6 is 11.3 Å². The molecule has 4 nitrogen and oxygen atoms in total. The van der Waals surface area contributed by atoms with Crippen LogP contribution in [0.2, 0.25) is 0 Å². The van der Waals surface area contributed by atoms with E-state index in [1.807, 2.05) is 13.8 Å². The lowest BCUT2D eigenvalue weighted by Crippen LogP contribution is -2.15. The maximum atomic E-state index is 13.3. The summed E-state index contributed by atoms with van der Waals surface area (Å²) in [5.41, 5.74) is 2.49. The number of halogens is 1. The van der Waals surface area contributed by atoms with Gasteiger partial charge in [0.2, 0.25) is 0 Å². The Hall–Kier alpha value is -2.51. The molecule has 2 aromatic heterocycles. The highest BCUT2D eigenvalue weighted by Crippen LogP contribution is 2.36. The quantitative estimate of drug-likeness (QED) is 0.433. The van der Waals surface area contributed by atoms with Crippen LogP contribution in [0.3, 0.4) is 0 Å². The molecule has 7 heteroatoms. The molecule has 0 aliphatic rings. The molecule has 0 amide bonds. The predicted octanol–water partition coefficient (Wildman–Crippen LogP) is 4.93. The summed E-state index contributed by atoms with van der Waals surface area (Å²) in [5.74, 6) is -0.501. The molecule has 0 saturated carbocycles. The van der Waals surface area contributed by atoms with Crippen LogP contribution < -0.4 is 0 Å². The summed E-state index contributed by atoms with van der Waals surface area (Å²) in [6.45, 7) is 3.78. The van der Waals surface area contributed by atoms with E-state index >= 15 is 0 Å². The standard InChI is InChI=1S/C20H18FNO3S2/c1-14(2)20-17(5-3-11-23)18(15-7-9-16(21)10-8-15)13-22(20)27(24,25)19-6-4-12-26-19/h3-14H,1-2H3/b5-3+. The van der Waals surface area contributed by atoms with E-state index in [2.05, 4.69) is 0 Å². The van der Waals surface area contributed by atoms with Crippen LogP contribution in [0, 0.1) is 5.82 Å². The van der Waals surface area contributed by atoms with E-state index in [9.17, 15) is 17.6 Å². The van der Waals surface area contributed by atoms with Crippen molar-refractivity contribution in [2.24, 2.45) is 0 Å². The van der Waals surface area contributed by atoms with Gasteiger partial charge in [0, 0.05) is 23.0 Å². The van der Waals surface area contributed by atoms with Crippen molar-refractivity contribution in [1.82, 2.24) is 3.97 Å². The van der Waals surface area contributed by atoms with E-state index in [0.29, 0.717) is 28.7 Å². The molecule has 0 radical (unpaired) electrons. The molecule has 0 fully saturated rings. The minimum atomic E-state index is -3.78. The summed E-state index contributed by atoms with van der Waals surface area (Å²) >= 11 is 1.14. The first-order valence-corrected chi connectivity index (χ1v) is 10.6. The maximum Gasteiger partial charge on any atom is 0.277 e. The van der Waals surface area contributed by atoms with Gasteiger partial charge in [-0.2, -0.15) is 8.42 Å². The summed E-state index contributed by atoms with van der Waals surface area (Å²) in [4.78, 5) is 10.9. The highest BCUT2D eigenvalue weighted by atomic mass is 32.2. The number of hydrogen-bond donors (Lipinski definition) is 0. The minimum absolute atomic E-state index is 0.125. The molecule has 0 bridgehead atoms. The molecular formula is C20H18FNO3S2. The van der Waals surface area contributed by atoms with Crippen molar-refractivity contribution in [3.8, 4) is 11.1 Å². The fraction of sp³-hybridized carbons (Fsp3) is 0.150. The number of allylic oxidation sites excluding steroid dienone is 1. The average Bonchev–Trinajstić information content (AvgIpc) is 3.29. The Bertz CT molecular complexity index is 1080. The zero-order valence-corrected chi connectivity index (χ0v) is 16.4. The molecule has 3 rings (SSSR count). The second-order valence-corrected chi connectivity index (χ2v) is 9.22. The largest absolute Gasteiger partial charge is 0.299 e. The van der Waals surface area contributed by atoms with Gasteiger partial charge in [-0.1, -0.05) is 32.0 Å². The van der Waals surface area contributed by atoms with E-state index in [4.69, 9.17) is 0 Å². The fourth-order valence-corrected chi connectivity index (χ4v) is 5.55. The molecule has 0 saturated heterocycles. The van der Waals surface area contributed by atoms with Crippen molar-refractivity contribution in [1.29, 1.82) is 0 Å². The van der Waals surface area contributed by atoms with Gasteiger partial charge in [-0.3, -0.25) is 4.79 Å². The molecule has 0 aliphatic carbocycles. The van der Waals surface area contributed by atoms with Crippen molar-refractivity contribution < 1.29 is 17.6 Å². The van der Waals surface area contributed by atoms with Gasteiger partial charge in [-0.05, 0) is 47.2 Å². The van der Waals surface area contributed by atoms with E-state index in [-0.39, 0.29) is 15.9 Å². The summed E-state index contributed by atoms with van der Waals surface area (Å²) in [6, 6.07) is 9.07. The van der Waals surface area contributed by atoms with Gasteiger partial charge in [0.1, 0.15) is 16.3 Å². The monoisotopic (exact) mass is 403 g/mol. The van der Waals surface area contributed by atoms with Crippen LogP contribution in [0.4, 0.5) is 4.39 Å². The van der Waals surface area contributed by atoms with Crippen LogP contribution in [0.5, 0.6) is 0 Å². The van der Waals surface area contributed by atoms with Crippen LogP contribution in [-0.2, 0) is 14.8 Å². The molecular weight excluding hydrogens is 385 g/mol. The number of aldehydes is 1. The molecule has 27 heavy (non-hydrogen) atoms. The van der Waals surface area contributed by atoms with Crippen molar-refractivity contribution in [2.75, 3.05) is 0 Å². The SMILES string of the molecule is CC(C)c1c(/C=C/C=O)c(-c2ccc(F)cc2)cn1S(=O)(=O)c1cccs1. The number of aromatic nitrogens is 1. The van der Waals surface area contributed by atoms with Gasteiger partial charge in [-0.15, -0.1) is 11.3 Å². The molecule has 0 N–H and O–H groups in total. The Kier molecular flexibility index (Phi) is 5.43. The van der Waals surface area contributed by atoms with Gasteiger partial charge in [0.25, 0.3) is 10.0 Å². The number of carbonyl (C=O) groups is 1. The molecule has 1 aromatic carbocycles. The zero-order valence-electron chi connectivity index (χ0n) is 14.8. The van der Waals surface area contributed by atoms with Crippen LogP contribution in [-0.4, -0.2) is 18.7 Å². The Morgan fingerprint density at radius 1 is 1.15 bits per heavy atom. The first-order chi connectivity index (χ1) is 12.9. The number of carbonyl (C=O) groups excluding carboxylic acids is 1. The van der Waals surface area contributed by atoms with Crippen LogP contribution in [0.25, 0.3) is 17.2 Å². The first-order valence-electron chi connectivity index (χ1n) is 8.28. The van der Waals surface area contributed by atoms with E-state index < -0.39 is 10.0 Å². The normalized spacial score (nSPS) is 12.1. The summed E-state index contributed by atoms with van der Waals surface area (Å²) in [5, 5.41) is 1.71. The van der Waals surface area contributed by atoms with Gasteiger partial charge in [0.05, 0.1) is 0 Å². The number of rotatable bonds is 6. The maximum absolute atomic E-state index is 13.3. The average molecular weight is 404 g/mol. The summed E-state index contributed by atoms with van der Waals surface area (Å²) in [6.07, 6.45) is 5.11. The minimum Gasteiger partial charge on any atom is -0.299 e. The molecule has 0 atom stereocenters. The summed E-state index contributed by atoms with van der Waals surface area (Å²) in [7, 11) is -3.78. The first kappa shape index (κ1) is 19.3. The number of thiophene rings is 1. The van der Waals surface area contributed by atoms with Crippen molar-refractivity contribution in [3.05, 3.63) is 71.1 Å². The van der Waals surface area contributed by atoms with Crippen molar-refractivity contribution in [2.45, 2.75) is 24.0 Å². The fourth-order valence-electron chi connectivity index (χ4n) is 2.95. The third kappa shape index (κ3) is 3.65. The van der Waals surface area contributed by atoms with E-state index in [1.165, 1.54) is 22.2 Å². The van der Waals surface area contributed by atoms with Crippen molar-refractivity contribution >= 4 is 33.7 Å². The second-order valence-electron chi connectivity index (χ2n) is 6.23. The third-order valence-corrected chi connectivity index (χ3v) is 7.15. The van der Waals surface area contributed by atoms with Crippen LogP contribution in [0.1, 0.15) is 31.0 Å². The lowest BCUT2D eigenvalue weighted by Gasteiger charge is -2.13. The number of hydrogen-bond acceptors (Lipinski definition) is 4. The molecule has 140 valence electrons. The third-order valence-electron chi connectivity index (χ3n) is 4.10. The Morgan fingerprint density at radius 3 is 2.41 bits per heavy atom. The molecule has 2 heterocycles. The van der Waals surface area contributed by atoms with Gasteiger partial charge < -0.3 is 0 Å². The second kappa shape index (κ2) is 7.62. The van der Waals surface area contributed by atoms with Crippen molar-refractivity contribution in [3.63, 3.8) is 0 Å². The topological polar surface area (TPSA) is 56.1 Å².